The molecule has 0 radical (unpaired) electrons. The lowest BCUT2D eigenvalue weighted by Crippen LogP contribution is -2.14. The molecule has 1 atom stereocenters. The summed E-state index contributed by atoms with van der Waals surface area (Å²) in [5, 5.41) is 2.72. The highest BCUT2D eigenvalue weighted by atomic mass is 19.1. The van der Waals surface area contributed by atoms with E-state index in [4.69, 9.17) is 0 Å². The molecule has 0 saturated carbocycles. The van der Waals surface area contributed by atoms with Gasteiger partial charge in [-0.15, -0.1) is 0 Å². The number of hydrogen-bond acceptors (Lipinski definition) is 1. The van der Waals surface area contributed by atoms with E-state index < -0.39 is 0 Å². The summed E-state index contributed by atoms with van der Waals surface area (Å²) in [4.78, 5) is 11.7. The van der Waals surface area contributed by atoms with E-state index in [0.29, 0.717) is 23.6 Å². The zero-order valence-electron chi connectivity index (χ0n) is 9.87. The molecule has 0 aliphatic heterocycles. The molecule has 0 aromatic heterocycles. The quantitative estimate of drug-likeness (QED) is 0.796. The van der Waals surface area contributed by atoms with Gasteiger partial charge < -0.3 is 5.32 Å². The highest BCUT2D eigenvalue weighted by Gasteiger charge is 2.14. The number of hydrogen-bond donors (Lipinski definition) is 1. The summed E-state index contributed by atoms with van der Waals surface area (Å²) in [7, 11) is 0. The van der Waals surface area contributed by atoms with Crippen LogP contribution in [0.5, 0.6) is 0 Å². The molecule has 0 fully saturated rings. The van der Waals surface area contributed by atoms with Gasteiger partial charge in [0.15, 0.2) is 0 Å². The molecular formula is C14H16FNO. The topological polar surface area (TPSA) is 29.1 Å². The Morgan fingerprint density at radius 1 is 1.53 bits per heavy atom. The maximum absolute atomic E-state index is 13.3. The smallest absolute Gasteiger partial charge is 0.224 e. The standard InChI is InChI=1S/C14H16FNO/c1-10-6-7-12(9-13(10)15)16-14(17)8-11-4-2-3-5-11/h2,4,6-7,9,11H,3,5,8H2,1H3,(H,16,17). The molecule has 0 spiro atoms. The Morgan fingerprint density at radius 2 is 2.35 bits per heavy atom. The average molecular weight is 233 g/mol. The van der Waals surface area contributed by atoms with Gasteiger partial charge in [-0.05, 0) is 43.4 Å². The molecule has 1 amide bonds. The number of amides is 1. The van der Waals surface area contributed by atoms with E-state index in [-0.39, 0.29) is 11.7 Å². The maximum Gasteiger partial charge on any atom is 0.224 e. The van der Waals surface area contributed by atoms with E-state index in [9.17, 15) is 9.18 Å². The molecule has 2 rings (SSSR count). The first kappa shape index (κ1) is 11.8. The first-order valence-corrected chi connectivity index (χ1v) is 5.88. The van der Waals surface area contributed by atoms with Crippen LogP contribution in [0.2, 0.25) is 0 Å². The van der Waals surface area contributed by atoms with Crippen molar-refractivity contribution in [2.75, 3.05) is 5.32 Å². The Labute approximate surface area is 101 Å². The van der Waals surface area contributed by atoms with Gasteiger partial charge in [0.05, 0.1) is 0 Å². The van der Waals surface area contributed by atoms with Crippen molar-refractivity contribution in [1.29, 1.82) is 0 Å². The van der Waals surface area contributed by atoms with Crippen LogP contribution in [0.15, 0.2) is 30.4 Å². The first-order chi connectivity index (χ1) is 8.15. The number of rotatable bonds is 3. The van der Waals surface area contributed by atoms with Gasteiger partial charge in [0.25, 0.3) is 0 Å². The highest BCUT2D eigenvalue weighted by Crippen LogP contribution is 2.21. The first-order valence-electron chi connectivity index (χ1n) is 5.88. The fraction of sp³-hybridized carbons (Fsp3) is 0.357. The van der Waals surface area contributed by atoms with Crippen molar-refractivity contribution in [3.63, 3.8) is 0 Å². The lowest BCUT2D eigenvalue weighted by molar-refractivity contribution is -0.116. The van der Waals surface area contributed by atoms with Gasteiger partial charge in [-0.1, -0.05) is 18.2 Å². The molecule has 0 bridgehead atoms. The molecule has 1 aromatic rings. The average Bonchev–Trinajstić information content (AvgIpc) is 2.76. The van der Waals surface area contributed by atoms with Crippen molar-refractivity contribution in [2.24, 2.45) is 5.92 Å². The second-order valence-electron chi connectivity index (χ2n) is 4.48. The van der Waals surface area contributed by atoms with Crippen molar-refractivity contribution in [3.05, 3.63) is 41.7 Å². The monoisotopic (exact) mass is 233 g/mol. The Morgan fingerprint density at radius 3 is 3.00 bits per heavy atom. The third kappa shape index (κ3) is 3.16. The molecule has 1 N–H and O–H groups in total. The summed E-state index contributed by atoms with van der Waals surface area (Å²) in [6.07, 6.45) is 6.75. The number of halogens is 1. The van der Waals surface area contributed by atoms with Crippen molar-refractivity contribution in [3.8, 4) is 0 Å². The van der Waals surface area contributed by atoms with Crippen LogP contribution in [0.4, 0.5) is 10.1 Å². The van der Waals surface area contributed by atoms with E-state index in [0.717, 1.165) is 12.8 Å². The molecule has 1 aromatic carbocycles. The minimum atomic E-state index is -0.288. The minimum absolute atomic E-state index is 0.0511. The fourth-order valence-corrected chi connectivity index (χ4v) is 1.99. The van der Waals surface area contributed by atoms with Crippen LogP contribution in [0.25, 0.3) is 0 Å². The molecule has 2 nitrogen and oxygen atoms in total. The molecular weight excluding hydrogens is 217 g/mol. The van der Waals surface area contributed by atoms with Crippen LogP contribution in [-0.2, 0) is 4.79 Å². The third-order valence-corrected chi connectivity index (χ3v) is 3.02. The van der Waals surface area contributed by atoms with E-state index in [1.54, 1.807) is 19.1 Å². The van der Waals surface area contributed by atoms with Gasteiger partial charge in [-0.3, -0.25) is 4.79 Å². The Kier molecular flexibility index (Phi) is 3.57. The Hall–Kier alpha value is -1.64. The number of carbonyl (C=O) groups excluding carboxylic acids is 1. The van der Waals surface area contributed by atoms with E-state index in [1.165, 1.54) is 6.07 Å². The molecule has 0 saturated heterocycles. The zero-order chi connectivity index (χ0) is 12.3. The van der Waals surface area contributed by atoms with Crippen molar-refractivity contribution >= 4 is 11.6 Å². The van der Waals surface area contributed by atoms with Crippen LogP contribution in [0, 0.1) is 18.7 Å². The number of aryl methyl sites for hydroxylation is 1. The van der Waals surface area contributed by atoms with Crippen LogP contribution < -0.4 is 5.32 Å². The normalized spacial score (nSPS) is 18.4. The second kappa shape index (κ2) is 5.13. The highest BCUT2D eigenvalue weighted by molar-refractivity contribution is 5.91. The fourth-order valence-electron chi connectivity index (χ4n) is 1.99. The Balaban J connectivity index is 1.93. The number of carbonyl (C=O) groups is 1. The Bertz CT molecular complexity index is 454. The SMILES string of the molecule is Cc1ccc(NC(=O)CC2C=CCC2)cc1F. The van der Waals surface area contributed by atoms with E-state index >= 15 is 0 Å². The minimum Gasteiger partial charge on any atom is -0.326 e. The van der Waals surface area contributed by atoms with Gasteiger partial charge in [-0.2, -0.15) is 0 Å². The predicted octanol–water partition coefficient (Wildman–Crippen LogP) is 3.43. The second-order valence-corrected chi connectivity index (χ2v) is 4.48. The molecule has 90 valence electrons. The summed E-state index contributed by atoms with van der Waals surface area (Å²) in [5.41, 5.74) is 1.11. The molecule has 1 unspecified atom stereocenters. The molecule has 17 heavy (non-hydrogen) atoms. The van der Waals surface area contributed by atoms with Gasteiger partial charge in [0.1, 0.15) is 5.82 Å². The van der Waals surface area contributed by atoms with E-state index in [1.807, 2.05) is 0 Å². The largest absolute Gasteiger partial charge is 0.326 e. The summed E-state index contributed by atoms with van der Waals surface area (Å²) in [6, 6.07) is 4.75. The van der Waals surface area contributed by atoms with Crippen molar-refractivity contribution < 1.29 is 9.18 Å². The summed E-state index contributed by atoms with van der Waals surface area (Å²) >= 11 is 0. The van der Waals surface area contributed by atoms with E-state index in [2.05, 4.69) is 17.5 Å². The molecule has 0 heterocycles. The third-order valence-electron chi connectivity index (χ3n) is 3.02. The summed E-state index contributed by atoms with van der Waals surface area (Å²) in [5.74, 6) is -0.00124. The lowest BCUT2D eigenvalue weighted by Gasteiger charge is -2.09. The van der Waals surface area contributed by atoms with Gasteiger partial charge in [0, 0.05) is 12.1 Å². The van der Waals surface area contributed by atoms with Crippen LogP contribution in [0.1, 0.15) is 24.8 Å². The molecule has 1 aliphatic rings. The van der Waals surface area contributed by atoms with Crippen LogP contribution in [-0.4, -0.2) is 5.91 Å². The van der Waals surface area contributed by atoms with Crippen molar-refractivity contribution in [2.45, 2.75) is 26.2 Å². The zero-order valence-corrected chi connectivity index (χ0v) is 9.87. The van der Waals surface area contributed by atoms with Crippen molar-refractivity contribution in [1.82, 2.24) is 0 Å². The maximum atomic E-state index is 13.3. The lowest BCUT2D eigenvalue weighted by atomic mass is 10.0. The summed E-state index contributed by atoms with van der Waals surface area (Å²) < 4.78 is 13.3. The summed E-state index contributed by atoms with van der Waals surface area (Å²) in [6.45, 7) is 1.70. The van der Waals surface area contributed by atoms with Gasteiger partial charge in [-0.25, -0.2) is 4.39 Å². The molecule has 3 heteroatoms. The number of benzene rings is 1. The van der Waals surface area contributed by atoms with Gasteiger partial charge >= 0.3 is 0 Å². The number of anilines is 1. The number of allylic oxidation sites excluding steroid dienone is 2. The number of nitrogens with one attached hydrogen (secondary N) is 1. The van der Waals surface area contributed by atoms with Crippen LogP contribution >= 0.6 is 0 Å². The van der Waals surface area contributed by atoms with Crippen LogP contribution in [0.3, 0.4) is 0 Å². The molecule has 1 aliphatic carbocycles. The van der Waals surface area contributed by atoms with Gasteiger partial charge in [0.2, 0.25) is 5.91 Å². The predicted molar refractivity (Wildman–Crippen MR) is 66.2 cm³/mol.